The summed E-state index contributed by atoms with van der Waals surface area (Å²) in [6, 6.07) is 0. The molecule has 2 aromatic rings. The zero-order valence-electron chi connectivity index (χ0n) is 11.0. The van der Waals surface area contributed by atoms with Crippen LogP contribution in [0.15, 0.2) is 21.0 Å². The lowest BCUT2D eigenvalue weighted by Crippen LogP contribution is -2.20. The van der Waals surface area contributed by atoms with E-state index in [2.05, 4.69) is 10.2 Å². The zero-order chi connectivity index (χ0) is 16.7. The SMILES string of the molecule is Cn1c(C(F)(F)F)csc1=NN=c1scc(C(F)(F)F)n1C. The minimum Gasteiger partial charge on any atom is -0.315 e. The van der Waals surface area contributed by atoms with Crippen molar-refractivity contribution in [3.8, 4) is 0 Å². The van der Waals surface area contributed by atoms with Crippen molar-refractivity contribution in [3.05, 3.63) is 31.8 Å². The number of thiazole rings is 2. The Bertz CT molecular complexity index is 733. The number of rotatable bonds is 1. The molecule has 0 N–H and O–H groups in total. The van der Waals surface area contributed by atoms with E-state index in [1.807, 2.05) is 0 Å². The smallest absolute Gasteiger partial charge is 0.315 e. The number of hydrogen-bond acceptors (Lipinski definition) is 4. The van der Waals surface area contributed by atoms with E-state index in [1.165, 1.54) is 0 Å². The number of aromatic nitrogens is 2. The molecule has 22 heavy (non-hydrogen) atoms. The summed E-state index contributed by atoms with van der Waals surface area (Å²) in [7, 11) is 2.31. The van der Waals surface area contributed by atoms with Gasteiger partial charge in [-0.1, -0.05) is 0 Å². The lowest BCUT2D eigenvalue weighted by atomic mass is 10.5. The second-order valence-corrected chi connectivity index (χ2v) is 5.79. The molecule has 2 heterocycles. The van der Waals surface area contributed by atoms with Gasteiger partial charge in [0.25, 0.3) is 0 Å². The molecule has 0 bridgehead atoms. The van der Waals surface area contributed by atoms with Crippen LogP contribution in [0.25, 0.3) is 0 Å². The number of nitrogens with zero attached hydrogens (tertiary/aromatic N) is 4. The van der Waals surface area contributed by atoms with Crippen molar-refractivity contribution in [3.63, 3.8) is 0 Å². The number of halogens is 6. The van der Waals surface area contributed by atoms with Crippen molar-refractivity contribution in [2.45, 2.75) is 12.4 Å². The van der Waals surface area contributed by atoms with Gasteiger partial charge in [-0.15, -0.1) is 32.9 Å². The molecule has 0 saturated carbocycles. The molecule has 4 nitrogen and oxygen atoms in total. The van der Waals surface area contributed by atoms with Crippen LogP contribution in [0.1, 0.15) is 11.4 Å². The highest BCUT2D eigenvalue weighted by molar-refractivity contribution is 7.07. The normalized spacial score (nSPS) is 14.9. The summed E-state index contributed by atoms with van der Waals surface area (Å²) in [5, 5.41) is 8.92. The summed E-state index contributed by atoms with van der Waals surface area (Å²) < 4.78 is 77.2. The fraction of sp³-hybridized carbons (Fsp3) is 0.400. The van der Waals surface area contributed by atoms with Gasteiger partial charge in [0.2, 0.25) is 9.60 Å². The second-order valence-electron chi connectivity index (χ2n) is 4.12. The van der Waals surface area contributed by atoms with Crippen molar-refractivity contribution in [2.75, 3.05) is 0 Å². The highest BCUT2D eigenvalue weighted by atomic mass is 32.1. The van der Waals surface area contributed by atoms with Gasteiger partial charge >= 0.3 is 12.4 Å². The molecular formula is C10H8F6N4S2. The van der Waals surface area contributed by atoms with Crippen LogP contribution in [0.2, 0.25) is 0 Å². The first-order chi connectivity index (χ1) is 10.0. The van der Waals surface area contributed by atoms with Crippen LogP contribution in [0.4, 0.5) is 26.3 Å². The fourth-order valence-electron chi connectivity index (χ4n) is 1.52. The molecule has 0 aliphatic carbocycles. The lowest BCUT2D eigenvalue weighted by molar-refractivity contribution is -0.144. The molecule has 0 spiro atoms. The first-order valence-corrected chi connectivity index (χ1v) is 7.29. The van der Waals surface area contributed by atoms with Crippen LogP contribution < -0.4 is 9.60 Å². The van der Waals surface area contributed by atoms with Crippen LogP contribution in [0, 0.1) is 0 Å². The Morgan fingerprint density at radius 1 is 0.773 bits per heavy atom. The first-order valence-electron chi connectivity index (χ1n) is 5.53. The molecule has 0 unspecified atom stereocenters. The van der Waals surface area contributed by atoms with Crippen molar-refractivity contribution in [1.29, 1.82) is 0 Å². The van der Waals surface area contributed by atoms with Gasteiger partial charge in [0.1, 0.15) is 11.4 Å². The molecule has 2 aromatic heterocycles. The van der Waals surface area contributed by atoms with E-state index >= 15 is 0 Å². The van der Waals surface area contributed by atoms with E-state index in [0.29, 0.717) is 22.7 Å². The summed E-state index contributed by atoms with van der Waals surface area (Å²) in [5.74, 6) is 0. The number of alkyl halides is 6. The van der Waals surface area contributed by atoms with Crippen LogP contribution >= 0.6 is 22.7 Å². The summed E-state index contributed by atoms with van der Waals surface area (Å²) >= 11 is 1.39. The molecule has 0 radical (unpaired) electrons. The molecule has 0 atom stereocenters. The standard InChI is InChI=1S/C10H8F6N4S2/c1-19-5(9(11,12)13)3-21-7(19)17-18-8-20(2)6(4-22-8)10(14,15)16/h3-4H,1-2H3. The predicted octanol–water partition coefficient (Wildman–Crippen LogP) is 2.94. The Kier molecular flexibility index (Phi) is 4.26. The molecule has 0 aliphatic rings. The summed E-state index contributed by atoms with van der Waals surface area (Å²) in [6.45, 7) is 0. The summed E-state index contributed by atoms with van der Waals surface area (Å²) in [6.07, 6.45) is -9.06. The average molecular weight is 362 g/mol. The van der Waals surface area contributed by atoms with Gasteiger partial charge in [0, 0.05) is 24.9 Å². The van der Waals surface area contributed by atoms with Gasteiger partial charge < -0.3 is 9.13 Å². The van der Waals surface area contributed by atoms with Crippen molar-refractivity contribution in [2.24, 2.45) is 24.3 Å². The third-order valence-electron chi connectivity index (χ3n) is 2.65. The maximum absolute atomic E-state index is 12.6. The Labute approximate surface area is 127 Å². The average Bonchev–Trinajstić information content (AvgIpc) is 2.89. The van der Waals surface area contributed by atoms with Crippen LogP contribution in [0.3, 0.4) is 0 Å². The summed E-state index contributed by atoms with van der Waals surface area (Å²) in [5.41, 5.74) is -1.81. The topological polar surface area (TPSA) is 34.6 Å². The van der Waals surface area contributed by atoms with Crippen molar-refractivity contribution < 1.29 is 26.3 Å². The first kappa shape index (κ1) is 16.8. The van der Waals surface area contributed by atoms with Gasteiger partial charge in [-0.05, 0) is 0 Å². The highest BCUT2D eigenvalue weighted by Crippen LogP contribution is 2.29. The third-order valence-corrected chi connectivity index (χ3v) is 4.47. The van der Waals surface area contributed by atoms with E-state index in [-0.39, 0.29) is 9.60 Å². The van der Waals surface area contributed by atoms with Gasteiger partial charge in [-0.3, -0.25) is 0 Å². The number of hydrogen-bond donors (Lipinski definition) is 0. The predicted molar refractivity (Wildman–Crippen MR) is 67.7 cm³/mol. The van der Waals surface area contributed by atoms with E-state index in [9.17, 15) is 26.3 Å². The van der Waals surface area contributed by atoms with Crippen LogP contribution in [-0.2, 0) is 26.4 Å². The van der Waals surface area contributed by atoms with Gasteiger partial charge in [-0.25, -0.2) is 0 Å². The molecular weight excluding hydrogens is 354 g/mol. The second kappa shape index (κ2) is 5.57. The quantitative estimate of drug-likeness (QED) is 0.552. The molecule has 0 amide bonds. The van der Waals surface area contributed by atoms with Crippen LogP contribution in [-0.4, -0.2) is 9.13 Å². The molecule has 0 aromatic carbocycles. The van der Waals surface area contributed by atoms with Crippen LogP contribution in [0.5, 0.6) is 0 Å². The molecule has 2 rings (SSSR count). The van der Waals surface area contributed by atoms with E-state index in [4.69, 9.17) is 0 Å². The van der Waals surface area contributed by atoms with E-state index in [1.54, 1.807) is 0 Å². The maximum atomic E-state index is 12.6. The third kappa shape index (κ3) is 3.27. The van der Waals surface area contributed by atoms with Crippen molar-refractivity contribution in [1.82, 2.24) is 9.13 Å². The largest absolute Gasteiger partial charge is 0.432 e. The molecule has 122 valence electrons. The minimum absolute atomic E-state index is 0.0747. The molecule has 12 heteroatoms. The highest BCUT2D eigenvalue weighted by Gasteiger charge is 2.35. The minimum atomic E-state index is -4.53. The Morgan fingerprint density at radius 3 is 1.32 bits per heavy atom. The molecule has 0 fully saturated rings. The van der Waals surface area contributed by atoms with E-state index in [0.717, 1.165) is 34.0 Å². The Hall–Kier alpha value is -1.56. The molecule has 0 saturated heterocycles. The summed E-state index contributed by atoms with van der Waals surface area (Å²) in [4.78, 5) is -0.149. The zero-order valence-corrected chi connectivity index (χ0v) is 12.7. The Morgan fingerprint density at radius 2 is 1.09 bits per heavy atom. The monoisotopic (exact) mass is 362 g/mol. The van der Waals surface area contributed by atoms with Gasteiger partial charge in [0.05, 0.1) is 0 Å². The van der Waals surface area contributed by atoms with E-state index < -0.39 is 23.7 Å². The lowest BCUT2D eigenvalue weighted by Gasteiger charge is -2.06. The molecule has 0 aliphatic heterocycles. The van der Waals surface area contributed by atoms with Gasteiger partial charge in [-0.2, -0.15) is 26.3 Å². The fourth-order valence-corrected chi connectivity index (χ4v) is 3.23. The van der Waals surface area contributed by atoms with Gasteiger partial charge in [0.15, 0.2) is 0 Å². The Balaban J connectivity index is 2.49. The maximum Gasteiger partial charge on any atom is 0.432 e. The van der Waals surface area contributed by atoms with Crippen molar-refractivity contribution >= 4 is 22.7 Å².